The Morgan fingerprint density at radius 1 is 1.16 bits per heavy atom. The predicted molar refractivity (Wildman–Crippen MR) is 118 cm³/mol. The van der Waals surface area contributed by atoms with Crippen LogP contribution < -0.4 is 9.64 Å². The quantitative estimate of drug-likeness (QED) is 0.564. The van der Waals surface area contributed by atoms with E-state index in [0.29, 0.717) is 43.6 Å². The van der Waals surface area contributed by atoms with Crippen LogP contribution in [0.15, 0.2) is 54.6 Å². The molecule has 2 heterocycles. The van der Waals surface area contributed by atoms with Crippen LogP contribution in [-0.4, -0.2) is 48.1 Å². The van der Waals surface area contributed by atoms with Gasteiger partial charge in [-0.15, -0.1) is 0 Å². The van der Waals surface area contributed by atoms with Crippen LogP contribution in [0.5, 0.6) is 11.6 Å². The summed E-state index contributed by atoms with van der Waals surface area (Å²) >= 11 is 0. The molecule has 32 heavy (non-hydrogen) atoms. The molecule has 1 amide bonds. The zero-order valence-corrected chi connectivity index (χ0v) is 18.1. The van der Waals surface area contributed by atoms with Crippen molar-refractivity contribution in [2.24, 2.45) is 0 Å². The van der Waals surface area contributed by atoms with Crippen molar-refractivity contribution in [2.75, 3.05) is 32.2 Å². The van der Waals surface area contributed by atoms with Crippen LogP contribution >= 0.6 is 0 Å². The minimum atomic E-state index is -0.399. The number of hydrogen-bond acceptors (Lipinski definition) is 6. The number of ether oxygens (including phenoxy) is 2. The Morgan fingerprint density at radius 3 is 2.72 bits per heavy atom. The molecule has 166 valence electrons. The molecular formula is C24H25FN4O3. The molecule has 0 saturated carbocycles. The van der Waals surface area contributed by atoms with Crippen molar-refractivity contribution in [1.29, 1.82) is 0 Å². The Morgan fingerprint density at radius 2 is 1.97 bits per heavy atom. The summed E-state index contributed by atoms with van der Waals surface area (Å²) in [5.74, 6) is 0.660. The molecule has 1 aliphatic rings. The summed E-state index contributed by atoms with van der Waals surface area (Å²) in [4.78, 5) is 25.4. The van der Waals surface area contributed by atoms with Gasteiger partial charge in [-0.05, 0) is 17.7 Å². The number of aromatic nitrogens is 2. The second-order valence-electron chi connectivity index (χ2n) is 7.65. The summed E-state index contributed by atoms with van der Waals surface area (Å²) in [6.07, 6.45) is 0.568. The number of nitrogens with zero attached hydrogens (tertiary/aromatic N) is 4. The smallest absolute Gasteiger partial charge is 0.248 e. The highest BCUT2D eigenvalue weighted by Gasteiger charge is 2.27. The number of benzene rings is 2. The van der Waals surface area contributed by atoms with Crippen molar-refractivity contribution in [3.8, 4) is 11.6 Å². The van der Waals surface area contributed by atoms with E-state index >= 15 is 0 Å². The third kappa shape index (κ3) is 5.03. The third-order valence-corrected chi connectivity index (χ3v) is 5.25. The number of halogens is 1. The zero-order valence-electron chi connectivity index (χ0n) is 18.1. The second kappa shape index (κ2) is 9.74. The van der Waals surface area contributed by atoms with Crippen molar-refractivity contribution in [1.82, 2.24) is 14.9 Å². The molecule has 0 bridgehead atoms. The maximum Gasteiger partial charge on any atom is 0.248 e. The Balaban J connectivity index is 1.67. The molecule has 1 aromatic heterocycles. The lowest BCUT2D eigenvalue weighted by Crippen LogP contribution is -2.39. The number of amides is 1. The van der Waals surface area contributed by atoms with Gasteiger partial charge in [-0.25, -0.2) is 9.37 Å². The first-order valence-electron chi connectivity index (χ1n) is 10.4. The van der Waals surface area contributed by atoms with Gasteiger partial charge in [0, 0.05) is 39.7 Å². The van der Waals surface area contributed by atoms with Gasteiger partial charge in [0.1, 0.15) is 18.2 Å². The summed E-state index contributed by atoms with van der Waals surface area (Å²) in [6, 6.07) is 15.9. The van der Waals surface area contributed by atoms with E-state index in [4.69, 9.17) is 14.5 Å². The van der Waals surface area contributed by atoms with Gasteiger partial charge in [-0.2, -0.15) is 4.98 Å². The maximum atomic E-state index is 13.7. The highest BCUT2D eigenvalue weighted by Crippen LogP contribution is 2.31. The van der Waals surface area contributed by atoms with Crippen LogP contribution in [0, 0.1) is 5.82 Å². The van der Waals surface area contributed by atoms with Crippen LogP contribution in [0.4, 0.5) is 10.3 Å². The molecule has 4 rings (SSSR count). The van der Waals surface area contributed by atoms with E-state index in [0.717, 1.165) is 16.8 Å². The van der Waals surface area contributed by atoms with Gasteiger partial charge >= 0.3 is 0 Å². The van der Waals surface area contributed by atoms with Gasteiger partial charge in [0.15, 0.2) is 0 Å². The minimum Gasteiger partial charge on any atom is -0.438 e. The number of fused-ring (bicyclic) bond motifs is 1. The van der Waals surface area contributed by atoms with E-state index in [1.165, 1.54) is 19.2 Å². The Hall–Kier alpha value is -3.52. The average Bonchev–Trinajstić information content (AvgIpc) is 2.79. The lowest BCUT2D eigenvalue weighted by molar-refractivity contribution is -0.136. The monoisotopic (exact) mass is 436 g/mol. The van der Waals surface area contributed by atoms with E-state index in [1.807, 2.05) is 42.3 Å². The first kappa shape index (κ1) is 21.7. The summed E-state index contributed by atoms with van der Waals surface area (Å²) < 4.78 is 24.7. The van der Waals surface area contributed by atoms with Crippen LogP contribution in [0.2, 0.25) is 0 Å². The van der Waals surface area contributed by atoms with Crippen molar-refractivity contribution in [3.05, 3.63) is 77.2 Å². The molecule has 1 aliphatic heterocycles. The summed E-state index contributed by atoms with van der Waals surface area (Å²) in [5, 5.41) is 0. The molecule has 7 nitrogen and oxygen atoms in total. The molecule has 0 unspecified atom stereocenters. The third-order valence-electron chi connectivity index (χ3n) is 5.25. The fourth-order valence-electron chi connectivity index (χ4n) is 3.62. The first-order valence-corrected chi connectivity index (χ1v) is 10.4. The number of carbonyl (C=O) groups excluding carboxylic acids is 1. The summed E-state index contributed by atoms with van der Waals surface area (Å²) in [5.41, 5.74) is 2.67. The van der Waals surface area contributed by atoms with Gasteiger partial charge in [-0.3, -0.25) is 4.79 Å². The number of methoxy groups -OCH3 is 1. The number of carbonyl (C=O) groups is 1. The molecule has 0 radical (unpaired) electrons. The lowest BCUT2D eigenvalue weighted by atomic mass is 10.1. The fraction of sp³-hybridized carbons (Fsp3) is 0.292. The van der Waals surface area contributed by atoms with Crippen molar-refractivity contribution in [3.63, 3.8) is 0 Å². The van der Waals surface area contributed by atoms with Crippen LogP contribution in [0.3, 0.4) is 0 Å². The number of hydrogen-bond donors (Lipinski definition) is 0. The van der Waals surface area contributed by atoms with E-state index in [1.54, 1.807) is 17.0 Å². The molecule has 2 aromatic carbocycles. The van der Waals surface area contributed by atoms with Crippen molar-refractivity contribution < 1.29 is 18.7 Å². The Kier molecular flexibility index (Phi) is 6.61. The fourth-order valence-corrected chi connectivity index (χ4v) is 3.62. The summed E-state index contributed by atoms with van der Waals surface area (Å²) in [6.45, 7) is 1.48. The van der Waals surface area contributed by atoms with Crippen molar-refractivity contribution >= 4 is 11.9 Å². The highest BCUT2D eigenvalue weighted by molar-refractivity contribution is 5.77. The van der Waals surface area contributed by atoms with Gasteiger partial charge < -0.3 is 19.3 Å². The van der Waals surface area contributed by atoms with Crippen LogP contribution in [0.25, 0.3) is 0 Å². The molecule has 0 N–H and O–H groups in total. The van der Waals surface area contributed by atoms with Gasteiger partial charge in [0.2, 0.25) is 17.7 Å². The molecule has 0 fully saturated rings. The predicted octanol–water partition coefficient (Wildman–Crippen LogP) is 3.58. The highest BCUT2D eigenvalue weighted by atomic mass is 19.1. The normalized spacial score (nSPS) is 12.9. The summed E-state index contributed by atoms with van der Waals surface area (Å²) in [7, 11) is 3.41. The maximum absolute atomic E-state index is 13.7. The largest absolute Gasteiger partial charge is 0.438 e. The number of rotatable bonds is 7. The van der Waals surface area contributed by atoms with E-state index in [9.17, 15) is 9.18 Å². The van der Waals surface area contributed by atoms with Gasteiger partial charge in [-0.1, -0.05) is 36.4 Å². The number of anilines is 1. The molecule has 8 heteroatoms. The van der Waals surface area contributed by atoms with Gasteiger partial charge in [0.25, 0.3) is 0 Å². The zero-order chi connectivity index (χ0) is 22.5. The minimum absolute atomic E-state index is 0.00811. The van der Waals surface area contributed by atoms with Crippen molar-refractivity contribution in [2.45, 2.75) is 19.5 Å². The molecule has 0 atom stereocenters. The Bertz CT molecular complexity index is 1090. The topological polar surface area (TPSA) is 67.8 Å². The molecular weight excluding hydrogens is 411 g/mol. The van der Waals surface area contributed by atoms with Crippen LogP contribution in [0.1, 0.15) is 16.8 Å². The van der Waals surface area contributed by atoms with E-state index in [2.05, 4.69) is 4.98 Å². The van der Waals surface area contributed by atoms with Crippen LogP contribution in [-0.2, 0) is 29.0 Å². The van der Waals surface area contributed by atoms with E-state index < -0.39 is 5.82 Å². The molecule has 0 aliphatic carbocycles. The molecule has 0 spiro atoms. The van der Waals surface area contributed by atoms with Gasteiger partial charge in [0.05, 0.1) is 17.8 Å². The van der Waals surface area contributed by atoms with E-state index in [-0.39, 0.29) is 12.5 Å². The standard InChI is InChI=1S/C24H25FN4O3/c1-28(14-17-7-4-3-5-8-17)24-26-21-11-12-29(22(30)16-31-2)15-20(21)23(27-24)32-19-10-6-9-18(25)13-19/h3-10,13H,11-12,14-16H2,1-2H3. The second-order valence-corrected chi connectivity index (χ2v) is 7.65. The first-order chi connectivity index (χ1) is 15.5. The SMILES string of the molecule is COCC(=O)N1CCc2nc(N(C)Cc3ccccc3)nc(Oc3cccc(F)c3)c2C1. The molecule has 0 saturated heterocycles. The Labute approximate surface area is 186 Å². The lowest BCUT2D eigenvalue weighted by Gasteiger charge is -2.30. The molecule has 3 aromatic rings. The average molecular weight is 436 g/mol.